The van der Waals surface area contributed by atoms with Crippen molar-refractivity contribution in [3.63, 3.8) is 0 Å². The van der Waals surface area contributed by atoms with Gasteiger partial charge in [-0.3, -0.25) is 9.00 Å². The van der Waals surface area contributed by atoms with Crippen LogP contribution in [-0.2, 0) is 15.6 Å². The van der Waals surface area contributed by atoms with Gasteiger partial charge in [0.25, 0.3) is 0 Å². The molecule has 3 heteroatoms. The van der Waals surface area contributed by atoms with E-state index in [1.807, 2.05) is 6.92 Å². The summed E-state index contributed by atoms with van der Waals surface area (Å²) in [6.45, 7) is 3.50. The molecular weight excluding hydrogens is 184 g/mol. The van der Waals surface area contributed by atoms with E-state index in [1.54, 1.807) is 6.92 Å². The zero-order chi connectivity index (χ0) is 9.84. The van der Waals surface area contributed by atoms with Crippen LogP contribution in [-0.4, -0.2) is 20.5 Å². The molecule has 0 N–H and O–H groups in total. The molecule has 0 radical (unpaired) electrons. The Balaban J connectivity index is 2.41. The Morgan fingerprint density at radius 1 is 1.46 bits per heavy atom. The third-order valence-electron chi connectivity index (χ3n) is 2.60. The lowest BCUT2D eigenvalue weighted by atomic mass is 10.2. The van der Waals surface area contributed by atoms with Crippen LogP contribution in [0, 0.1) is 0 Å². The third-order valence-corrected chi connectivity index (χ3v) is 4.69. The monoisotopic (exact) mass is 202 g/mol. The maximum Gasteiger partial charge on any atom is 0.131 e. The Labute approximate surface area is 82.6 Å². The van der Waals surface area contributed by atoms with Crippen LogP contribution in [0.15, 0.2) is 0 Å². The van der Waals surface area contributed by atoms with Crippen molar-refractivity contribution < 1.29 is 9.00 Å². The lowest BCUT2D eigenvalue weighted by Gasteiger charge is -2.14. The maximum absolute atomic E-state index is 11.8. The molecule has 13 heavy (non-hydrogen) atoms. The molecule has 1 aliphatic rings. The van der Waals surface area contributed by atoms with E-state index >= 15 is 0 Å². The molecule has 2 atom stereocenters. The predicted octanol–water partition coefficient (Wildman–Crippen LogP) is 2.05. The van der Waals surface area contributed by atoms with Crippen LogP contribution in [0.25, 0.3) is 0 Å². The first-order valence-electron chi connectivity index (χ1n) is 5.00. The van der Waals surface area contributed by atoms with Gasteiger partial charge in [-0.25, -0.2) is 0 Å². The normalized spacial score (nSPS) is 22.9. The second-order valence-electron chi connectivity index (χ2n) is 3.95. The molecule has 0 aromatic heterocycles. The average molecular weight is 202 g/mol. The Bertz CT molecular complexity index is 207. The Morgan fingerprint density at radius 3 is 2.46 bits per heavy atom. The van der Waals surface area contributed by atoms with E-state index in [1.165, 1.54) is 12.8 Å². The van der Waals surface area contributed by atoms with Crippen LogP contribution in [0.3, 0.4) is 0 Å². The first-order valence-corrected chi connectivity index (χ1v) is 6.27. The van der Waals surface area contributed by atoms with Crippen LogP contribution in [0.4, 0.5) is 0 Å². The van der Waals surface area contributed by atoms with Gasteiger partial charge in [-0.1, -0.05) is 19.8 Å². The van der Waals surface area contributed by atoms with Crippen molar-refractivity contribution >= 4 is 16.6 Å². The highest BCUT2D eigenvalue weighted by atomic mass is 32.2. The van der Waals surface area contributed by atoms with Crippen molar-refractivity contribution in [1.29, 1.82) is 0 Å². The second-order valence-corrected chi connectivity index (χ2v) is 6.08. The van der Waals surface area contributed by atoms with E-state index in [-0.39, 0.29) is 11.0 Å². The van der Waals surface area contributed by atoms with Gasteiger partial charge in [-0.05, 0) is 19.8 Å². The number of rotatable bonds is 4. The first kappa shape index (κ1) is 10.9. The zero-order valence-electron chi connectivity index (χ0n) is 8.41. The molecule has 0 spiro atoms. The van der Waals surface area contributed by atoms with Gasteiger partial charge in [0.2, 0.25) is 0 Å². The molecule has 0 amide bonds. The van der Waals surface area contributed by atoms with E-state index in [2.05, 4.69) is 0 Å². The van der Waals surface area contributed by atoms with E-state index < -0.39 is 10.8 Å². The summed E-state index contributed by atoms with van der Waals surface area (Å²) in [6.07, 6.45) is 5.08. The predicted molar refractivity (Wildman–Crippen MR) is 55.2 cm³/mol. The van der Waals surface area contributed by atoms with E-state index in [0.717, 1.165) is 12.8 Å². The summed E-state index contributed by atoms with van der Waals surface area (Å²) in [5.74, 6) is 0.152. The molecule has 2 unspecified atom stereocenters. The minimum Gasteiger partial charge on any atom is -0.300 e. The van der Waals surface area contributed by atoms with Gasteiger partial charge in [0.15, 0.2) is 0 Å². The maximum atomic E-state index is 11.8. The minimum absolute atomic E-state index is 0.0561. The lowest BCUT2D eigenvalue weighted by Crippen LogP contribution is -2.23. The summed E-state index contributed by atoms with van der Waals surface area (Å²) in [5.41, 5.74) is 0. The van der Waals surface area contributed by atoms with Crippen LogP contribution in [0.2, 0.25) is 0 Å². The lowest BCUT2D eigenvalue weighted by molar-refractivity contribution is -0.116. The van der Waals surface area contributed by atoms with Crippen LogP contribution < -0.4 is 0 Å². The number of hydrogen-bond donors (Lipinski definition) is 0. The fourth-order valence-corrected chi connectivity index (χ4v) is 3.79. The van der Waals surface area contributed by atoms with Gasteiger partial charge in [-0.2, -0.15) is 0 Å². The summed E-state index contributed by atoms with van der Waals surface area (Å²) < 4.78 is 11.8. The van der Waals surface area contributed by atoms with Gasteiger partial charge in [0, 0.05) is 27.7 Å². The summed E-state index contributed by atoms with van der Waals surface area (Å²) >= 11 is 0. The van der Waals surface area contributed by atoms with Crippen molar-refractivity contribution in [2.75, 3.05) is 0 Å². The summed E-state index contributed by atoms with van der Waals surface area (Å²) in [5, 5.41) is 0.426. The number of carbonyl (C=O) groups excluding carboxylic acids is 1. The molecule has 0 aliphatic heterocycles. The van der Waals surface area contributed by atoms with Crippen LogP contribution in [0.1, 0.15) is 46.0 Å². The van der Waals surface area contributed by atoms with Gasteiger partial charge in [0.1, 0.15) is 5.78 Å². The Hall–Kier alpha value is -0.180. The first-order chi connectivity index (χ1) is 6.11. The topological polar surface area (TPSA) is 34.1 Å². The summed E-state index contributed by atoms with van der Waals surface area (Å²) in [6, 6.07) is 0. The van der Waals surface area contributed by atoms with Crippen LogP contribution >= 0.6 is 0 Å². The van der Waals surface area contributed by atoms with Crippen molar-refractivity contribution in [2.24, 2.45) is 0 Å². The summed E-state index contributed by atoms with van der Waals surface area (Å²) in [7, 11) is -0.782. The zero-order valence-corrected chi connectivity index (χ0v) is 9.23. The van der Waals surface area contributed by atoms with Crippen molar-refractivity contribution in [3.05, 3.63) is 0 Å². The number of Topliss-reactive ketones (excluding diaryl/α,β-unsaturated/α-hetero) is 1. The molecule has 0 aromatic carbocycles. The SMILES string of the molecule is CC(=O)CC(C)S(=O)C1CCCC1. The van der Waals surface area contributed by atoms with Gasteiger partial charge in [0.05, 0.1) is 0 Å². The Kier molecular flexibility index (Phi) is 4.10. The average Bonchev–Trinajstić information content (AvgIpc) is 2.53. The van der Waals surface area contributed by atoms with Crippen molar-refractivity contribution in [2.45, 2.75) is 56.5 Å². The highest BCUT2D eigenvalue weighted by molar-refractivity contribution is 7.86. The van der Waals surface area contributed by atoms with Gasteiger partial charge < -0.3 is 0 Å². The smallest absolute Gasteiger partial charge is 0.131 e. The molecule has 0 saturated heterocycles. The molecule has 1 rings (SSSR count). The molecule has 0 bridgehead atoms. The highest BCUT2D eigenvalue weighted by Gasteiger charge is 2.25. The summed E-state index contributed by atoms with van der Waals surface area (Å²) in [4.78, 5) is 10.8. The number of hydrogen-bond acceptors (Lipinski definition) is 2. The van der Waals surface area contributed by atoms with Gasteiger partial charge >= 0.3 is 0 Å². The van der Waals surface area contributed by atoms with Crippen molar-refractivity contribution in [1.82, 2.24) is 0 Å². The minimum atomic E-state index is -0.782. The molecule has 0 aromatic rings. The molecular formula is C10H18O2S. The van der Waals surface area contributed by atoms with E-state index in [4.69, 9.17) is 0 Å². The second kappa shape index (κ2) is 4.89. The van der Waals surface area contributed by atoms with E-state index in [9.17, 15) is 9.00 Å². The van der Waals surface area contributed by atoms with Crippen LogP contribution in [0.5, 0.6) is 0 Å². The molecule has 0 heterocycles. The fraction of sp³-hybridized carbons (Fsp3) is 0.900. The number of carbonyl (C=O) groups is 1. The molecule has 76 valence electrons. The van der Waals surface area contributed by atoms with Gasteiger partial charge in [-0.15, -0.1) is 0 Å². The van der Waals surface area contributed by atoms with Crippen molar-refractivity contribution in [3.8, 4) is 0 Å². The highest BCUT2D eigenvalue weighted by Crippen LogP contribution is 2.25. The number of ketones is 1. The standard InChI is InChI=1S/C10H18O2S/c1-8(11)7-9(2)13(12)10-5-3-4-6-10/h9-10H,3-7H2,1-2H3. The van der Waals surface area contributed by atoms with E-state index in [0.29, 0.717) is 11.7 Å². The Morgan fingerprint density at radius 2 is 2.00 bits per heavy atom. The molecule has 1 fully saturated rings. The largest absolute Gasteiger partial charge is 0.300 e. The quantitative estimate of drug-likeness (QED) is 0.699. The third kappa shape index (κ3) is 3.22. The molecule has 2 nitrogen and oxygen atoms in total. The fourth-order valence-electron chi connectivity index (χ4n) is 1.94. The molecule has 1 saturated carbocycles. The molecule has 1 aliphatic carbocycles.